The first kappa shape index (κ1) is 24.4. The van der Waals surface area contributed by atoms with Crippen LogP contribution in [-0.4, -0.2) is 25.6 Å². The molecule has 0 aromatic heterocycles. The van der Waals surface area contributed by atoms with Gasteiger partial charge in [-0.25, -0.2) is 0 Å². The molecular formula is C23H25F3N2O2S. The molecule has 31 heavy (non-hydrogen) atoms. The number of halogens is 3. The van der Waals surface area contributed by atoms with Gasteiger partial charge in [-0.2, -0.15) is 13.2 Å². The highest BCUT2D eigenvalue weighted by Crippen LogP contribution is 2.35. The van der Waals surface area contributed by atoms with Crippen LogP contribution in [0.4, 0.5) is 18.9 Å². The van der Waals surface area contributed by atoms with Crippen LogP contribution in [0.2, 0.25) is 0 Å². The number of alkyl halides is 3. The molecule has 0 bridgehead atoms. The van der Waals surface area contributed by atoms with Gasteiger partial charge in [0.15, 0.2) is 0 Å². The van der Waals surface area contributed by atoms with Crippen LogP contribution in [0.25, 0.3) is 11.1 Å². The molecule has 0 fully saturated rings. The van der Waals surface area contributed by atoms with E-state index in [9.17, 15) is 13.2 Å². The number of hydrogen-bond acceptors (Lipinski definition) is 5. The minimum absolute atomic E-state index is 0.0200. The summed E-state index contributed by atoms with van der Waals surface area (Å²) in [5.74, 6) is -1.18. The van der Waals surface area contributed by atoms with Gasteiger partial charge in [0.2, 0.25) is 5.76 Å². The molecule has 166 valence electrons. The number of ether oxygens (including phenoxy) is 1. The fraction of sp³-hybridized carbons (Fsp3) is 0.261. The fourth-order valence-electron chi connectivity index (χ4n) is 2.62. The molecule has 0 amide bonds. The predicted octanol–water partition coefficient (Wildman–Crippen LogP) is 6.78. The van der Waals surface area contributed by atoms with Crippen LogP contribution in [-0.2, 0) is 9.57 Å². The van der Waals surface area contributed by atoms with Crippen LogP contribution < -0.4 is 5.32 Å². The highest BCUT2D eigenvalue weighted by molar-refractivity contribution is 7.84. The quantitative estimate of drug-likeness (QED) is 0.105. The first-order chi connectivity index (χ1) is 14.8. The van der Waals surface area contributed by atoms with E-state index in [1.807, 2.05) is 43.3 Å². The molecule has 2 rings (SSSR count). The van der Waals surface area contributed by atoms with Crippen LogP contribution in [0.15, 0.2) is 76.6 Å². The summed E-state index contributed by atoms with van der Waals surface area (Å²) in [6.45, 7) is 7.60. The SMILES string of the molecule is C=C(Nc1ccccc1-c1ccc(/C=N/OCCC)cc1)/C(S)=C(/OCC)C(F)(F)F. The molecule has 0 saturated carbocycles. The van der Waals surface area contributed by atoms with Gasteiger partial charge in [0.05, 0.1) is 17.7 Å². The summed E-state index contributed by atoms with van der Waals surface area (Å²) in [6, 6.07) is 14.8. The van der Waals surface area contributed by atoms with Crippen LogP contribution in [0.5, 0.6) is 0 Å². The largest absolute Gasteiger partial charge is 0.488 e. The van der Waals surface area contributed by atoms with E-state index in [2.05, 4.69) is 29.7 Å². The Kier molecular flexibility index (Phi) is 9.05. The molecule has 0 spiro atoms. The molecule has 1 N–H and O–H groups in total. The topological polar surface area (TPSA) is 42.9 Å². The minimum atomic E-state index is -4.67. The average Bonchev–Trinajstić information content (AvgIpc) is 2.74. The van der Waals surface area contributed by atoms with Gasteiger partial charge in [-0.15, -0.1) is 12.6 Å². The standard InChI is InChI=1S/C23H25F3N2O2S/c1-4-14-30-27-15-17-10-12-18(13-11-17)19-8-6-7-9-20(19)28-16(3)21(31)22(29-5-2)23(24,25)26/h6-13,15,28,31H,3-5,14H2,1-2H3/b22-21-,27-15+. The highest BCUT2D eigenvalue weighted by atomic mass is 32.1. The number of oxime groups is 1. The van der Waals surface area contributed by atoms with E-state index in [-0.39, 0.29) is 12.3 Å². The third-order valence-corrected chi connectivity index (χ3v) is 4.53. The van der Waals surface area contributed by atoms with Crippen molar-refractivity contribution in [2.45, 2.75) is 26.4 Å². The molecule has 0 aliphatic rings. The Hall–Kier alpha value is -2.87. The molecule has 4 nitrogen and oxygen atoms in total. The Morgan fingerprint density at radius 1 is 1.13 bits per heavy atom. The average molecular weight is 451 g/mol. The van der Waals surface area contributed by atoms with Gasteiger partial charge in [-0.1, -0.05) is 61.1 Å². The second-order valence-corrected chi connectivity index (χ2v) is 6.89. The van der Waals surface area contributed by atoms with Crippen LogP contribution in [0.1, 0.15) is 25.8 Å². The highest BCUT2D eigenvalue weighted by Gasteiger charge is 2.38. The van der Waals surface area contributed by atoms with Gasteiger partial charge in [0.1, 0.15) is 6.61 Å². The summed E-state index contributed by atoms with van der Waals surface area (Å²) in [5, 5.41) is 6.82. The lowest BCUT2D eigenvalue weighted by Crippen LogP contribution is -2.18. The molecule has 0 saturated heterocycles. The fourth-order valence-corrected chi connectivity index (χ4v) is 2.87. The van der Waals surface area contributed by atoms with Crippen molar-refractivity contribution in [3.63, 3.8) is 0 Å². The lowest BCUT2D eigenvalue weighted by Gasteiger charge is -2.18. The zero-order valence-corrected chi connectivity index (χ0v) is 18.3. The van der Waals surface area contributed by atoms with Gasteiger partial charge in [0, 0.05) is 16.9 Å². The van der Waals surface area contributed by atoms with Crippen molar-refractivity contribution in [3.8, 4) is 11.1 Å². The maximum atomic E-state index is 13.2. The Balaban J connectivity index is 2.26. The third-order valence-electron chi connectivity index (χ3n) is 4.05. The van der Waals surface area contributed by atoms with Crippen molar-refractivity contribution in [1.82, 2.24) is 0 Å². The lowest BCUT2D eigenvalue weighted by atomic mass is 10.0. The molecule has 2 aromatic carbocycles. The molecule has 0 atom stereocenters. The number of hydrogen-bond donors (Lipinski definition) is 2. The summed E-state index contributed by atoms with van der Waals surface area (Å²) >= 11 is 4.01. The molecular weight excluding hydrogens is 425 g/mol. The van der Waals surface area contributed by atoms with Gasteiger partial charge >= 0.3 is 6.18 Å². The molecule has 0 unspecified atom stereocenters. The summed E-state index contributed by atoms with van der Waals surface area (Å²) < 4.78 is 44.5. The third kappa shape index (κ3) is 7.10. The molecule has 8 heteroatoms. The van der Waals surface area contributed by atoms with Crippen molar-refractivity contribution in [2.75, 3.05) is 18.5 Å². The van der Waals surface area contributed by atoms with Crippen molar-refractivity contribution >= 4 is 24.5 Å². The van der Waals surface area contributed by atoms with Gasteiger partial charge < -0.3 is 14.9 Å². The summed E-state index contributed by atoms with van der Waals surface area (Å²) in [4.78, 5) is 4.70. The molecule has 0 aliphatic carbocycles. The number of rotatable bonds is 10. The van der Waals surface area contributed by atoms with Gasteiger partial charge in [0.25, 0.3) is 0 Å². The van der Waals surface area contributed by atoms with E-state index >= 15 is 0 Å². The van der Waals surface area contributed by atoms with Gasteiger partial charge in [-0.3, -0.25) is 0 Å². The number of benzene rings is 2. The summed E-state index contributed by atoms with van der Waals surface area (Å²) in [6.07, 6.45) is -2.17. The minimum Gasteiger partial charge on any atom is -0.488 e. The van der Waals surface area contributed by atoms with Crippen molar-refractivity contribution < 1.29 is 22.7 Å². The zero-order valence-electron chi connectivity index (χ0n) is 17.4. The van der Waals surface area contributed by atoms with Crippen LogP contribution >= 0.6 is 12.6 Å². The molecule has 0 radical (unpaired) electrons. The molecule has 0 heterocycles. The number of nitrogens with one attached hydrogen (secondary N) is 1. The van der Waals surface area contributed by atoms with E-state index < -0.39 is 16.8 Å². The van der Waals surface area contributed by atoms with E-state index in [0.717, 1.165) is 23.1 Å². The smallest absolute Gasteiger partial charge is 0.450 e. The predicted molar refractivity (Wildman–Crippen MR) is 122 cm³/mol. The second kappa shape index (κ2) is 11.5. The lowest BCUT2D eigenvalue weighted by molar-refractivity contribution is -0.130. The number of nitrogens with zero attached hydrogens (tertiary/aromatic N) is 1. The Morgan fingerprint density at radius 2 is 1.81 bits per heavy atom. The second-order valence-electron chi connectivity index (χ2n) is 6.45. The molecule has 0 aliphatic heterocycles. The first-order valence-electron chi connectivity index (χ1n) is 9.72. The van der Waals surface area contributed by atoms with E-state index in [1.165, 1.54) is 6.92 Å². The number of thiol groups is 1. The Bertz CT molecular complexity index is 939. The summed E-state index contributed by atoms with van der Waals surface area (Å²) in [5.41, 5.74) is 3.09. The van der Waals surface area contributed by atoms with Crippen molar-refractivity contribution in [1.29, 1.82) is 0 Å². The van der Waals surface area contributed by atoms with Gasteiger partial charge in [-0.05, 0) is 30.5 Å². The number of anilines is 1. The zero-order chi connectivity index (χ0) is 22.9. The van der Waals surface area contributed by atoms with E-state index in [4.69, 9.17) is 9.57 Å². The Morgan fingerprint density at radius 3 is 2.42 bits per heavy atom. The van der Waals surface area contributed by atoms with Crippen molar-refractivity contribution in [2.24, 2.45) is 5.16 Å². The monoisotopic (exact) mass is 450 g/mol. The van der Waals surface area contributed by atoms with Crippen molar-refractivity contribution in [3.05, 3.63) is 77.0 Å². The summed E-state index contributed by atoms with van der Waals surface area (Å²) in [7, 11) is 0. The van der Waals surface area contributed by atoms with Crippen LogP contribution in [0.3, 0.4) is 0 Å². The van der Waals surface area contributed by atoms with Crippen LogP contribution in [0, 0.1) is 0 Å². The van der Waals surface area contributed by atoms with E-state index in [0.29, 0.717) is 12.3 Å². The number of allylic oxidation sites excluding steroid dienone is 1. The maximum absolute atomic E-state index is 13.2. The maximum Gasteiger partial charge on any atom is 0.450 e. The molecule has 2 aromatic rings. The normalized spacial score (nSPS) is 12.5. The Labute approximate surface area is 185 Å². The number of para-hydroxylation sites is 1. The van der Waals surface area contributed by atoms with E-state index in [1.54, 1.807) is 18.3 Å². The first-order valence-corrected chi connectivity index (χ1v) is 10.2.